The van der Waals surface area contributed by atoms with E-state index in [1.807, 2.05) is 26.0 Å². The summed E-state index contributed by atoms with van der Waals surface area (Å²) in [6, 6.07) is 0. The van der Waals surface area contributed by atoms with Crippen molar-refractivity contribution in [1.29, 1.82) is 0 Å². The summed E-state index contributed by atoms with van der Waals surface area (Å²) < 4.78 is 0. The second kappa shape index (κ2) is 7.43. The number of hydrogen-bond acceptors (Lipinski definition) is 3. The molecular weight excluding hydrogens is 258 g/mol. The number of allylic oxidation sites excluding steroid dienone is 2. The van der Waals surface area contributed by atoms with E-state index in [0.29, 0.717) is 19.4 Å². The highest BCUT2D eigenvalue weighted by atomic mass is 16.4. The van der Waals surface area contributed by atoms with Crippen molar-refractivity contribution < 1.29 is 19.8 Å². The van der Waals surface area contributed by atoms with E-state index >= 15 is 0 Å². The van der Waals surface area contributed by atoms with Gasteiger partial charge in [-0.15, -0.1) is 0 Å². The molecule has 3 N–H and O–H groups in total. The second-order valence-corrected chi connectivity index (χ2v) is 5.58. The maximum Gasteiger partial charge on any atom is 0.307 e. The first-order valence-electron chi connectivity index (χ1n) is 7.26. The molecule has 0 aromatic carbocycles. The zero-order chi connectivity index (χ0) is 15.2. The first-order valence-corrected chi connectivity index (χ1v) is 7.26. The number of aliphatic hydroxyl groups is 1. The van der Waals surface area contributed by atoms with E-state index < -0.39 is 17.8 Å². The number of aliphatic carboxylic acids is 1. The Bertz CT molecular complexity index is 366. The quantitative estimate of drug-likeness (QED) is 0.619. The molecule has 1 aliphatic rings. The smallest absolute Gasteiger partial charge is 0.307 e. The van der Waals surface area contributed by atoms with Crippen LogP contribution in [0.4, 0.5) is 0 Å². The molecule has 1 rings (SSSR count). The topological polar surface area (TPSA) is 86.6 Å². The molecule has 2 unspecified atom stereocenters. The number of aliphatic hydroxyl groups excluding tert-OH is 1. The molecule has 0 aliphatic heterocycles. The van der Waals surface area contributed by atoms with Crippen LogP contribution in [0.5, 0.6) is 0 Å². The molecule has 0 saturated carbocycles. The Morgan fingerprint density at radius 3 is 2.20 bits per heavy atom. The van der Waals surface area contributed by atoms with Crippen molar-refractivity contribution in [3.05, 3.63) is 12.2 Å². The van der Waals surface area contributed by atoms with Crippen LogP contribution in [0.15, 0.2) is 12.2 Å². The van der Waals surface area contributed by atoms with Crippen molar-refractivity contribution in [2.24, 2.45) is 17.3 Å². The van der Waals surface area contributed by atoms with Crippen molar-refractivity contribution in [1.82, 2.24) is 5.32 Å². The van der Waals surface area contributed by atoms with Crippen LogP contribution in [-0.4, -0.2) is 35.2 Å². The zero-order valence-corrected chi connectivity index (χ0v) is 12.3. The predicted molar refractivity (Wildman–Crippen MR) is 76.1 cm³/mol. The van der Waals surface area contributed by atoms with Crippen LogP contribution in [0.2, 0.25) is 0 Å². The fourth-order valence-corrected chi connectivity index (χ4v) is 2.56. The van der Waals surface area contributed by atoms with Gasteiger partial charge in [-0.05, 0) is 25.7 Å². The maximum atomic E-state index is 12.2. The summed E-state index contributed by atoms with van der Waals surface area (Å²) in [5, 5.41) is 21.5. The van der Waals surface area contributed by atoms with Gasteiger partial charge in [0.15, 0.2) is 0 Å². The Hall–Kier alpha value is -1.36. The van der Waals surface area contributed by atoms with E-state index in [-0.39, 0.29) is 17.9 Å². The standard InChI is InChI=1S/C15H25NO4/c1-3-15(4-2,10-17)9-16-13(18)11-7-5-6-8-12(11)14(19)20/h5-6,11-12,17H,3-4,7-10H2,1-2H3,(H,16,18)(H,19,20). The lowest BCUT2D eigenvalue weighted by Crippen LogP contribution is -2.44. The van der Waals surface area contributed by atoms with Crippen molar-refractivity contribution in [3.8, 4) is 0 Å². The maximum absolute atomic E-state index is 12.2. The molecule has 0 heterocycles. The van der Waals surface area contributed by atoms with Gasteiger partial charge < -0.3 is 15.5 Å². The number of carbonyl (C=O) groups excluding carboxylic acids is 1. The van der Waals surface area contributed by atoms with Gasteiger partial charge in [0.1, 0.15) is 0 Å². The minimum Gasteiger partial charge on any atom is -0.481 e. The van der Waals surface area contributed by atoms with E-state index in [1.165, 1.54) is 0 Å². The van der Waals surface area contributed by atoms with Gasteiger partial charge in [-0.25, -0.2) is 0 Å². The van der Waals surface area contributed by atoms with Crippen molar-refractivity contribution in [2.75, 3.05) is 13.2 Å². The van der Waals surface area contributed by atoms with Gasteiger partial charge in [-0.1, -0.05) is 26.0 Å². The Kier molecular flexibility index (Phi) is 6.20. The highest BCUT2D eigenvalue weighted by Gasteiger charge is 2.35. The summed E-state index contributed by atoms with van der Waals surface area (Å²) in [7, 11) is 0. The fourth-order valence-electron chi connectivity index (χ4n) is 2.56. The summed E-state index contributed by atoms with van der Waals surface area (Å²) in [6.45, 7) is 4.37. The predicted octanol–water partition coefficient (Wildman–Crippen LogP) is 1.57. The Morgan fingerprint density at radius 1 is 1.20 bits per heavy atom. The summed E-state index contributed by atoms with van der Waals surface area (Å²) in [4.78, 5) is 23.4. The van der Waals surface area contributed by atoms with Crippen LogP contribution in [0.1, 0.15) is 39.5 Å². The molecule has 0 fully saturated rings. The highest BCUT2D eigenvalue weighted by molar-refractivity contribution is 5.85. The number of rotatable bonds is 7. The van der Waals surface area contributed by atoms with Crippen molar-refractivity contribution in [2.45, 2.75) is 39.5 Å². The lowest BCUT2D eigenvalue weighted by atomic mass is 9.81. The van der Waals surface area contributed by atoms with Gasteiger partial charge in [-0.2, -0.15) is 0 Å². The molecule has 0 aromatic rings. The zero-order valence-electron chi connectivity index (χ0n) is 12.3. The van der Waals surface area contributed by atoms with Gasteiger partial charge in [-0.3, -0.25) is 9.59 Å². The molecule has 0 aromatic heterocycles. The largest absolute Gasteiger partial charge is 0.481 e. The molecule has 20 heavy (non-hydrogen) atoms. The molecule has 0 radical (unpaired) electrons. The van der Waals surface area contributed by atoms with Crippen LogP contribution in [0.25, 0.3) is 0 Å². The molecule has 5 heteroatoms. The molecule has 114 valence electrons. The van der Waals surface area contributed by atoms with E-state index in [1.54, 1.807) is 0 Å². The fraction of sp³-hybridized carbons (Fsp3) is 0.733. The van der Waals surface area contributed by atoms with Gasteiger partial charge in [0.05, 0.1) is 18.4 Å². The van der Waals surface area contributed by atoms with Crippen molar-refractivity contribution >= 4 is 11.9 Å². The SMILES string of the molecule is CCC(CC)(CO)CNC(=O)C1CC=CCC1C(=O)O. The summed E-state index contributed by atoms with van der Waals surface area (Å²) in [5.41, 5.74) is -0.307. The lowest BCUT2D eigenvalue weighted by molar-refractivity contribution is -0.147. The molecule has 1 amide bonds. The molecule has 2 atom stereocenters. The highest BCUT2D eigenvalue weighted by Crippen LogP contribution is 2.28. The van der Waals surface area contributed by atoms with Gasteiger partial charge in [0, 0.05) is 12.0 Å². The summed E-state index contributed by atoms with van der Waals surface area (Å²) in [6.07, 6.45) is 6.09. The van der Waals surface area contributed by atoms with Crippen LogP contribution in [0, 0.1) is 17.3 Å². The van der Waals surface area contributed by atoms with E-state index in [2.05, 4.69) is 5.32 Å². The van der Waals surface area contributed by atoms with E-state index in [9.17, 15) is 19.8 Å². The minimum absolute atomic E-state index is 0.0210. The average molecular weight is 283 g/mol. The number of carbonyl (C=O) groups is 2. The minimum atomic E-state index is -0.922. The third-order valence-electron chi connectivity index (χ3n) is 4.56. The van der Waals surface area contributed by atoms with Gasteiger partial charge in [0.25, 0.3) is 0 Å². The first kappa shape index (κ1) is 16.7. The average Bonchev–Trinajstić information content (AvgIpc) is 2.49. The summed E-state index contributed by atoms with van der Waals surface area (Å²) >= 11 is 0. The molecule has 5 nitrogen and oxygen atoms in total. The molecular formula is C15H25NO4. The molecule has 1 aliphatic carbocycles. The Balaban J connectivity index is 2.65. The Labute approximate surface area is 120 Å². The second-order valence-electron chi connectivity index (χ2n) is 5.58. The lowest BCUT2D eigenvalue weighted by Gasteiger charge is -2.31. The van der Waals surface area contributed by atoms with Crippen LogP contribution in [0.3, 0.4) is 0 Å². The van der Waals surface area contributed by atoms with E-state index in [4.69, 9.17) is 0 Å². The van der Waals surface area contributed by atoms with Crippen molar-refractivity contribution in [3.63, 3.8) is 0 Å². The van der Waals surface area contributed by atoms with Gasteiger partial charge in [0.2, 0.25) is 5.91 Å². The van der Waals surface area contributed by atoms with Crippen LogP contribution in [-0.2, 0) is 9.59 Å². The molecule has 0 saturated heterocycles. The normalized spacial score (nSPS) is 22.6. The third-order valence-corrected chi connectivity index (χ3v) is 4.56. The van der Waals surface area contributed by atoms with Crippen LogP contribution < -0.4 is 5.32 Å². The molecule has 0 bridgehead atoms. The number of carboxylic acid groups (broad SMARTS) is 1. The first-order chi connectivity index (χ1) is 9.49. The number of hydrogen-bond donors (Lipinski definition) is 3. The number of nitrogens with one attached hydrogen (secondary N) is 1. The van der Waals surface area contributed by atoms with Crippen LogP contribution >= 0.6 is 0 Å². The number of carboxylic acids is 1. The number of amides is 1. The Morgan fingerprint density at radius 2 is 1.75 bits per heavy atom. The van der Waals surface area contributed by atoms with E-state index in [0.717, 1.165) is 12.8 Å². The monoisotopic (exact) mass is 283 g/mol. The molecule has 0 spiro atoms. The van der Waals surface area contributed by atoms with Gasteiger partial charge >= 0.3 is 5.97 Å². The summed E-state index contributed by atoms with van der Waals surface area (Å²) in [5.74, 6) is -2.30. The third kappa shape index (κ3) is 3.82.